The Kier molecular flexibility index (Phi) is 9.42. The van der Waals surface area contributed by atoms with E-state index in [1.807, 2.05) is 0 Å². The molecule has 1 rings (SSSR count). The SMILES string of the molecule is CCNC(=NCC1(CCO)CCCCC1)NCCCOC. The summed E-state index contributed by atoms with van der Waals surface area (Å²) in [7, 11) is 1.72. The average molecular weight is 299 g/mol. The molecule has 21 heavy (non-hydrogen) atoms. The van der Waals surface area contributed by atoms with Crippen LogP contribution in [0.1, 0.15) is 51.9 Å². The van der Waals surface area contributed by atoms with E-state index in [1.165, 1.54) is 32.1 Å². The molecule has 5 nitrogen and oxygen atoms in total. The highest BCUT2D eigenvalue weighted by Gasteiger charge is 2.31. The van der Waals surface area contributed by atoms with Crippen LogP contribution in [0.25, 0.3) is 0 Å². The second-order valence-electron chi connectivity index (χ2n) is 6.00. The van der Waals surface area contributed by atoms with Gasteiger partial charge in [0.2, 0.25) is 0 Å². The Morgan fingerprint density at radius 2 is 2.00 bits per heavy atom. The first-order chi connectivity index (χ1) is 10.3. The van der Waals surface area contributed by atoms with Gasteiger partial charge in [-0.25, -0.2) is 0 Å². The molecule has 0 unspecified atom stereocenters. The van der Waals surface area contributed by atoms with Crippen molar-refractivity contribution < 1.29 is 9.84 Å². The molecule has 3 N–H and O–H groups in total. The zero-order valence-electron chi connectivity index (χ0n) is 13.8. The minimum absolute atomic E-state index is 0.210. The van der Waals surface area contributed by atoms with E-state index in [0.717, 1.165) is 45.0 Å². The third-order valence-electron chi connectivity index (χ3n) is 4.29. The van der Waals surface area contributed by atoms with Gasteiger partial charge in [-0.15, -0.1) is 0 Å². The Labute approximate surface area is 129 Å². The maximum Gasteiger partial charge on any atom is 0.191 e. The Balaban J connectivity index is 2.52. The number of aliphatic hydroxyl groups excluding tert-OH is 1. The lowest BCUT2D eigenvalue weighted by molar-refractivity contribution is 0.137. The average Bonchev–Trinajstić information content (AvgIpc) is 2.50. The highest BCUT2D eigenvalue weighted by molar-refractivity contribution is 5.79. The lowest BCUT2D eigenvalue weighted by Crippen LogP contribution is -2.39. The van der Waals surface area contributed by atoms with Crippen molar-refractivity contribution in [3.63, 3.8) is 0 Å². The van der Waals surface area contributed by atoms with Gasteiger partial charge >= 0.3 is 0 Å². The predicted octanol–water partition coefficient (Wildman–Crippen LogP) is 1.91. The normalized spacial score (nSPS) is 18.5. The van der Waals surface area contributed by atoms with Crippen molar-refractivity contribution in [2.24, 2.45) is 10.4 Å². The Morgan fingerprint density at radius 3 is 2.62 bits per heavy atom. The Hall–Kier alpha value is -0.810. The van der Waals surface area contributed by atoms with Gasteiger partial charge < -0.3 is 20.5 Å². The van der Waals surface area contributed by atoms with Crippen LogP contribution in [0.2, 0.25) is 0 Å². The molecule has 1 saturated carbocycles. The standard InChI is InChI=1S/C16H33N3O2/c1-3-17-15(18-11-7-13-21-2)19-14-16(10-12-20)8-5-4-6-9-16/h20H,3-14H2,1-2H3,(H2,17,18,19). The summed E-state index contributed by atoms with van der Waals surface area (Å²) in [5.74, 6) is 0.886. The van der Waals surface area contributed by atoms with Gasteiger partial charge in [-0.05, 0) is 38.0 Å². The molecule has 0 aromatic heterocycles. The van der Waals surface area contributed by atoms with Crippen LogP contribution in [0.4, 0.5) is 0 Å². The molecule has 1 aliphatic carbocycles. The molecule has 124 valence electrons. The molecule has 0 saturated heterocycles. The lowest BCUT2D eigenvalue weighted by Gasteiger charge is -2.35. The van der Waals surface area contributed by atoms with Crippen LogP contribution in [0.15, 0.2) is 4.99 Å². The van der Waals surface area contributed by atoms with Crippen LogP contribution in [0.5, 0.6) is 0 Å². The van der Waals surface area contributed by atoms with Gasteiger partial charge in [0.05, 0.1) is 0 Å². The number of hydrogen-bond donors (Lipinski definition) is 3. The van der Waals surface area contributed by atoms with Crippen molar-refractivity contribution >= 4 is 5.96 Å². The number of hydrogen-bond acceptors (Lipinski definition) is 3. The monoisotopic (exact) mass is 299 g/mol. The molecule has 1 fully saturated rings. The smallest absolute Gasteiger partial charge is 0.191 e. The molecule has 0 bridgehead atoms. The van der Waals surface area contributed by atoms with E-state index in [2.05, 4.69) is 17.6 Å². The van der Waals surface area contributed by atoms with Crippen molar-refractivity contribution in [3.8, 4) is 0 Å². The molecule has 0 aromatic rings. The predicted molar refractivity (Wildman–Crippen MR) is 87.7 cm³/mol. The van der Waals surface area contributed by atoms with Crippen LogP contribution in [-0.2, 0) is 4.74 Å². The highest BCUT2D eigenvalue weighted by Crippen LogP contribution is 2.39. The largest absolute Gasteiger partial charge is 0.396 e. The molecule has 0 aliphatic heterocycles. The fourth-order valence-electron chi connectivity index (χ4n) is 3.04. The fraction of sp³-hybridized carbons (Fsp3) is 0.938. The number of aliphatic hydroxyl groups is 1. The van der Waals surface area contributed by atoms with Gasteiger partial charge in [0.25, 0.3) is 0 Å². The third-order valence-corrected chi connectivity index (χ3v) is 4.29. The first-order valence-corrected chi connectivity index (χ1v) is 8.38. The molecule has 0 heterocycles. The number of methoxy groups -OCH3 is 1. The Bertz CT molecular complexity index is 284. The number of ether oxygens (including phenoxy) is 1. The van der Waals surface area contributed by atoms with Crippen LogP contribution in [-0.4, -0.2) is 51.0 Å². The van der Waals surface area contributed by atoms with Gasteiger partial charge in [0, 0.05) is 40.0 Å². The van der Waals surface area contributed by atoms with E-state index in [-0.39, 0.29) is 12.0 Å². The zero-order chi connectivity index (χ0) is 15.4. The number of aliphatic imine (C=N–C) groups is 1. The molecule has 0 atom stereocenters. The van der Waals surface area contributed by atoms with E-state index in [4.69, 9.17) is 9.73 Å². The number of guanidine groups is 1. The lowest BCUT2D eigenvalue weighted by atomic mass is 9.72. The molecular weight excluding hydrogens is 266 g/mol. The van der Waals surface area contributed by atoms with Crippen LogP contribution in [0.3, 0.4) is 0 Å². The summed E-state index contributed by atoms with van der Waals surface area (Å²) in [6.07, 6.45) is 8.11. The molecule has 0 aromatic carbocycles. The van der Waals surface area contributed by atoms with E-state index >= 15 is 0 Å². The Morgan fingerprint density at radius 1 is 1.24 bits per heavy atom. The highest BCUT2D eigenvalue weighted by atomic mass is 16.5. The first-order valence-electron chi connectivity index (χ1n) is 8.38. The van der Waals surface area contributed by atoms with Crippen molar-refractivity contribution in [1.29, 1.82) is 0 Å². The number of nitrogens with zero attached hydrogens (tertiary/aromatic N) is 1. The summed E-state index contributed by atoms with van der Waals surface area (Å²) in [6, 6.07) is 0. The molecule has 5 heteroatoms. The fourth-order valence-corrected chi connectivity index (χ4v) is 3.04. The molecule has 0 amide bonds. The number of rotatable bonds is 9. The van der Waals surface area contributed by atoms with Crippen LogP contribution in [0, 0.1) is 5.41 Å². The minimum Gasteiger partial charge on any atom is -0.396 e. The van der Waals surface area contributed by atoms with Gasteiger partial charge in [-0.2, -0.15) is 0 Å². The van der Waals surface area contributed by atoms with E-state index in [9.17, 15) is 5.11 Å². The minimum atomic E-state index is 0.210. The second kappa shape index (κ2) is 10.9. The van der Waals surface area contributed by atoms with Crippen molar-refractivity contribution in [3.05, 3.63) is 0 Å². The topological polar surface area (TPSA) is 65.9 Å². The van der Waals surface area contributed by atoms with E-state index < -0.39 is 0 Å². The quantitative estimate of drug-likeness (QED) is 0.346. The second-order valence-corrected chi connectivity index (χ2v) is 6.00. The maximum absolute atomic E-state index is 9.36. The van der Waals surface area contributed by atoms with Crippen molar-refractivity contribution in [1.82, 2.24) is 10.6 Å². The van der Waals surface area contributed by atoms with Crippen molar-refractivity contribution in [2.45, 2.75) is 51.9 Å². The zero-order valence-corrected chi connectivity index (χ0v) is 13.8. The summed E-state index contributed by atoms with van der Waals surface area (Å²) in [5.41, 5.74) is 0.210. The summed E-state index contributed by atoms with van der Waals surface area (Å²) in [6.45, 7) is 5.66. The van der Waals surface area contributed by atoms with Gasteiger partial charge in [-0.3, -0.25) is 4.99 Å². The first kappa shape index (κ1) is 18.2. The third kappa shape index (κ3) is 7.14. The van der Waals surface area contributed by atoms with E-state index in [1.54, 1.807) is 7.11 Å². The molecule has 1 aliphatic rings. The molecular formula is C16H33N3O2. The number of nitrogens with one attached hydrogen (secondary N) is 2. The molecule has 0 spiro atoms. The van der Waals surface area contributed by atoms with E-state index in [0.29, 0.717) is 0 Å². The van der Waals surface area contributed by atoms with Crippen molar-refractivity contribution in [2.75, 3.05) is 40.0 Å². The summed E-state index contributed by atoms with van der Waals surface area (Å²) in [5, 5.41) is 16.0. The van der Waals surface area contributed by atoms with Gasteiger partial charge in [0.15, 0.2) is 5.96 Å². The summed E-state index contributed by atoms with van der Waals surface area (Å²) >= 11 is 0. The summed E-state index contributed by atoms with van der Waals surface area (Å²) < 4.78 is 5.06. The van der Waals surface area contributed by atoms with Crippen LogP contribution >= 0.6 is 0 Å². The van der Waals surface area contributed by atoms with Crippen LogP contribution < -0.4 is 10.6 Å². The van der Waals surface area contributed by atoms with Gasteiger partial charge in [0.1, 0.15) is 0 Å². The summed E-state index contributed by atoms with van der Waals surface area (Å²) in [4.78, 5) is 4.77. The maximum atomic E-state index is 9.36. The molecule has 0 radical (unpaired) electrons. The van der Waals surface area contributed by atoms with Gasteiger partial charge in [-0.1, -0.05) is 19.3 Å².